The maximum absolute atomic E-state index is 5.69. The molecule has 0 aliphatic carbocycles. The van der Waals surface area contributed by atoms with Gasteiger partial charge < -0.3 is 0 Å². The summed E-state index contributed by atoms with van der Waals surface area (Å²) in [5.74, 6) is 5.69. The van der Waals surface area contributed by atoms with Crippen molar-refractivity contribution in [2.24, 2.45) is 5.84 Å². The molecule has 17 heavy (non-hydrogen) atoms. The van der Waals surface area contributed by atoms with Crippen LogP contribution in [0.4, 0.5) is 0 Å². The Hall–Kier alpha value is -1.23. The van der Waals surface area contributed by atoms with E-state index in [1.54, 1.807) is 11.3 Å². The normalized spacial score (nSPS) is 12.7. The van der Waals surface area contributed by atoms with Gasteiger partial charge in [-0.1, -0.05) is 6.07 Å². The SMILES string of the molecule is Cc1cnc(C(NN)c2sccc2C)c(C)c1. The first-order valence-electron chi connectivity index (χ1n) is 5.56. The molecular formula is C13H17N3S. The second-order valence-electron chi connectivity index (χ2n) is 4.28. The average molecular weight is 247 g/mol. The number of hydrogen-bond acceptors (Lipinski definition) is 4. The average Bonchev–Trinajstić information content (AvgIpc) is 2.69. The summed E-state index contributed by atoms with van der Waals surface area (Å²) in [7, 11) is 0. The van der Waals surface area contributed by atoms with Crippen LogP contribution < -0.4 is 11.3 Å². The van der Waals surface area contributed by atoms with Crippen LogP contribution in [0, 0.1) is 20.8 Å². The van der Waals surface area contributed by atoms with Gasteiger partial charge in [0.2, 0.25) is 0 Å². The lowest BCUT2D eigenvalue weighted by molar-refractivity contribution is 0.623. The van der Waals surface area contributed by atoms with Crippen molar-refractivity contribution >= 4 is 11.3 Å². The highest BCUT2D eigenvalue weighted by atomic mass is 32.1. The Morgan fingerprint density at radius 2 is 2.06 bits per heavy atom. The van der Waals surface area contributed by atoms with Crippen molar-refractivity contribution in [1.82, 2.24) is 10.4 Å². The Balaban J connectivity index is 2.46. The second-order valence-corrected chi connectivity index (χ2v) is 5.23. The van der Waals surface area contributed by atoms with Crippen molar-refractivity contribution in [2.75, 3.05) is 0 Å². The minimum Gasteiger partial charge on any atom is -0.270 e. The second kappa shape index (κ2) is 4.96. The lowest BCUT2D eigenvalue weighted by Crippen LogP contribution is -2.30. The van der Waals surface area contributed by atoms with Crippen LogP contribution in [-0.4, -0.2) is 4.98 Å². The van der Waals surface area contributed by atoms with E-state index in [0.717, 1.165) is 5.69 Å². The van der Waals surface area contributed by atoms with Crippen LogP contribution >= 0.6 is 11.3 Å². The van der Waals surface area contributed by atoms with Crippen LogP contribution in [0.2, 0.25) is 0 Å². The van der Waals surface area contributed by atoms with Crippen molar-refractivity contribution in [1.29, 1.82) is 0 Å². The summed E-state index contributed by atoms with van der Waals surface area (Å²) >= 11 is 1.71. The lowest BCUT2D eigenvalue weighted by Gasteiger charge is -2.17. The molecule has 90 valence electrons. The number of nitrogens with zero attached hydrogens (tertiary/aromatic N) is 1. The molecule has 0 saturated carbocycles. The summed E-state index contributed by atoms with van der Waals surface area (Å²) in [6.07, 6.45) is 1.88. The van der Waals surface area contributed by atoms with Gasteiger partial charge in [0.25, 0.3) is 0 Å². The number of thiophene rings is 1. The standard InChI is InChI=1S/C13H17N3S/c1-8-6-10(3)11(15-7-8)12(16-14)13-9(2)4-5-17-13/h4-7,12,16H,14H2,1-3H3. The van der Waals surface area contributed by atoms with Gasteiger partial charge in [-0.05, 0) is 48.9 Å². The van der Waals surface area contributed by atoms with E-state index < -0.39 is 0 Å². The third kappa shape index (κ3) is 2.39. The zero-order valence-electron chi connectivity index (χ0n) is 10.3. The molecule has 0 radical (unpaired) electrons. The van der Waals surface area contributed by atoms with Gasteiger partial charge in [0, 0.05) is 11.1 Å². The largest absolute Gasteiger partial charge is 0.270 e. The molecule has 0 amide bonds. The molecule has 3 N–H and O–H groups in total. The summed E-state index contributed by atoms with van der Waals surface area (Å²) in [5.41, 5.74) is 7.46. The molecule has 0 aliphatic rings. The molecule has 4 heteroatoms. The lowest BCUT2D eigenvalue weighted by atomic mass is 10.0. The summed E-state index contributed by atoms with van der Waals surface area (Å²) in [6, 6.07) is 4.22. The molecule has 2 aromatic heterocycles. The first-order valence-corrected chi connectivity index (χ1v) is 6.44. The Morgan fingerprint density at radius 1 is 1.29 bits per heavy atom. The van der Waals surface area contributed by atoms with Crippen molar-refractivity contribution in [2.45, 2.75) is 26.8 Å². The number of aromatic nitrogens is 1. The molecular weight excluding hydrogens is 230 g/mol. The highest BCUT2D eigenvalue weighted by Gasteiger charge is 2.19. The molecule has 0 saturated heterocycles. The fourth-order valence-electron chi connectivity index (χ4n) is 1.99. The van der Waals surface area contributed by atoms with Crippen LogP contribution in [0.15, 0.2) is 23.7 Å². The molecule has 2 rings (SSSR count). The molecule has 0 fully saturated rings. The van der Waals surface area contributed by atoms with Gasteiger partial charge in [0.15, 0.2) is 0 Å². The van der Waals surface area contributed by atoms with Gasteiger partial charge >= 0.3 is 0 Å². The number of nitrogens with two attached hydrogens (primary N) is 1. The van der Waals surface area contributed by atoms with E-state index in [9.17, 15) is 0 Å². The highest BCUT2D eigenvalue weighted by molar-refractivity contribution is 7.10. The van der Waals surface area contributed by atoms with E-state index in [0.29, 0.717) is 0 Å². The fraction of sp³-hybridized carbons (Fsp3) is 0.308. The van der Waals surface area contributed by atoms with Crippen molar-refractivity contribution in [3.8, 4) is 0 Å². The van der Waals surface area contributed by atoms with Gasteiger partial charge in [-0.2, -0.15) is 0 Å². The third-order valence-corrected chi connectivity index (χ3v) is 3.94. The van der Waals surface area contributed by atoms with E-state index in [1.165, 1.54) is 21.6 Å². The van der Waals surface area contributed by atoms with Gasteiger partial charge in [-0.15, -0.1) is 11.3 Å². The molecule has 0 aromatic carbocycles. The molecule has 2 aromatic rings. The predicted octanol–water partition coefficient (Wildman–Crippen LogP) is 2.62. The van der Waals surface area contributed by atoms with Crippen LogP contribution in [0.5, 0.6) is 0 Å². The number of hydrogen-bond donors (Lipinski definition) is 2. The molecule has 1 unspecified atom stereocenters. The number of hydrazine groups is 1. The van der Waals surface area contributed by atoms with Crippen molar-refractivity contribution in [3.05, 3.63) is 51.0 Å². The molecule has 0 aliphatic heterocycles. The fourth-order valence-corrected chi connectivity index (χ4v) is 2.98. The monoisotopic (exact) mass is 247 g/mol. The molecule has 2 heterocycles. The summed E-state index contributed by atoms with van der Waals surface area (Å²) in [6.45, 7) is 6.22. The summed E-state index contributed by atoms with van der Waals surface area (Å²) < 4.78 is 0. The van der Waals surface area contributed by atoms with Crippen LogP contribution in [0.25, 0.3) is 0 Å². The summed E-state index contributed by atoms with van der Waals surface area (Å²) in [4.78, 5) is 5.74. The molecule has 1 atom stereocenters. The molecule has 3 nitrogen and oxygen atoms in total. The van der Waals surface area contributed by atoms with Gasteiger partial charge in [-0.3, -0.25) is 10.8 Å². The van der Waals surface area contributed by atoms with Crippen LogP contribution in [0.1, 0.15) is 33.3 Å². The van der Waals surface area contributed by atoms with Crippen LogP contribution in [-0.2, 0) is 0 Å². The number of aryl methyl sites for hydroxylation is 3. The number of nitrogens with one attached hydrogen (secondary N) is 1. The Labute approximate surface area is 106 Å². The third-order valence-electron chi connectivity index (χ3n) is 2.86. The van der Waals surface area contributed by atoms with Gasteiger partial charge in [0.05, 0.1) is 11.7 Å². The predicted molar refractivity (Wildman–Crippen MR) is 71.9 cm³/mol. The van der Waals surface area contributed by atoms with E-state index >= 15 is 0 Å². The van der Waals surface area contributed by atoms with E-state index in [2.05, 4.69) is 41.8 Å². The van der Waals surface area contributed by atoms with Crippen molar-refractivity contribution in [3.63, 3.8) is 0 Å². The van der Waals surface area contributed by atoms with E-state index in [4.69, 9.17) is 5.84 Å². The molecule has 0 spiro atoms. The smallest absolute Gasteiger partial charge is 0.0978 e. The number of pyridine rings is 1. The van der Waals surface area contributed by atoms with Crippen molar-refractivity contribution < 1.29 is 0 Å². The Morgan fingerprint density at radius 3 is 2.59 bits per heavy atom. The maximum atomic E-state index is 5.69. The minimum atomic E-state index is -0.0180. The quantitative estimate of drug-likeness (QED) is 0.647. The zero-order valence-corrected chi connectivity index (χ0v) is 11.1. The first kappa shape index (κ1) is 12.2. The summed E-state index contributed by atoms with van der Waals surface area (Å²) in [5, 5.41) is 2.08. The first-order chi connectivity index (χ1) is 8.13. The highest BCUT2D eigenvalue weighted by Crippen LogP contribution is 2.29. The number of rotatable bonds is 3. The zero-order chi connectivity index (χ0) is 12.4. The minimum absolute atomic E-state index is 0.0180. The topological polar surface area (TPSA) is 50.9 Å². The molecule has 0 bridgehead atoms. The van der Waals surface area contributed by atoms with E-state index in [-0.39, 0.29) is 6.04 Å². The van der Waals surface area contributed by atoms with Crippen LogP contribution in [0.3, 0.4) is 0 Å². The van der Waals surface area contributed by atoms with Gasteiger partial charge in [0.1, 0.15) is 0 Å². The van der Waals surface area contributed by atoms with E-state index in [1.807, 2.05) is 13.1 Å². The maximum Gasteiger partial charge on any atom is 0.0978 e. The Kier molecular flexibility index (Phi) is 3.57. The Bertz CT molecular complexity index is 519. The van der Waals surface area contributed by atoms with Gasteiger partial charge in [-0.25, -0.2) is 5.43 Å².